The molecule has 1 aromatic carbocycles. The predicted octanol–water partition coefficient (Wildman–Crippen LogP) is 2.56. The van der Waals surface area contributed by atoms with Crippen LogP contribution in [0.4, 0.5) is 0 Å². The summed E-state index contributed by atoms with van der Waals surface area (Å²) in [5, 5.41) is 4.22. The van der Waals surface area contributed by atoms with Crippen molar-refractivity contribution in [2.45, 2.75) is 19.5 Å². The van der Waals surface area contributed by atoms with Gasteiger partial charge in [0.15, 0.2) is 0 Å². The van der Waals surface area contributed by atoms with Crippen molar-refractivity contribution in [3.05, 3.63) is 28.8 Å². The van der Waals surface area contributed by atoms with Crippen LogP contribution in [0.5, 0.6) is 5.75 Å². The third kappa shape index (κ3) is 4.02. The Morgan fingerprint density at radius 2 is 2.28 bits per heavy atom. The molecule has 0 aromatic heterocycles. The van der Waals surface area contributed by atoms with Crippen molar-refractivity contribution in [1.82, 2.24) is 10.2 Å². The predicted molar refractivity (Wildman–Crippen MR) is 78.0 cm³/mol. The highest BCUT2D eigenvalue weighted by atomic mass is 35.5. The molecule has 0 aliphatic carbocycles. The highest BCUT2D eigenvalue weighted by Crippen LogP contribution is 2.23. The Balaban J connectivity index is 0.00000162. The van der Waals surface area contributed by atoms with Crippen molar-refractivity contribution < 1.29 is 4.74 Å². The van der Waals surface area contributed by atoms with Crippen LogP contribution in [0.1, 0.15) is 12.5 Å². The molecule has 1 saturated heterocycles. The zero-order chi connectivity index (χ0) is 12.3. The van der Waals surface area contributed by atoms with Gasteiger partial charge < -0.3 is 10.1 Å². The van der Waals surface area contributed by atoms with Crippen LogP contribution in [0, 0.1) is 0 Å². The second-order valence-electron chi connectivity index (χ2n) is 4.55. The average molecular weight is 291 g/mol. The number of nitrogens with one attached hydrogen (secondary N) is 1. The van der Waals surface area contributed by atoms with E-state index in [1.165, 1.54) is 5.56 Å². The Bertz CT molecular complexity index is 387. The molecule has 102 valence electrons. The molecule has 2 rings (SSSR count). The van der Waals surface area contributed by atoms with Gasteiger partial charge in [0.2, 0.25) is 0 Å². The molecule has 3 nitrogen and oxygen atoms in total. The van der Waals surface area contributed by atoms with Gasteiger partial charge in [0.25, 0.3) is 0 Å². The van der Waals surface area contributed by atoms with Crippen molar-refractivity contribution in [2.24, 2.45) is 0 Å². The number of nitrogens with zero attached hydrogens (tertiary/aromatic N) is 1. The minimum atomic E-state index is 0. The van der Waals surface area contributed by atoms with Crippen molar-refractivity contribution >= 4 is 24.0 Å². The molecule has 0 saturated carbocycles. The number of methoxy groups -OCH3 is 1. The van der Waals surface area contributed by atoms with E-state index in [1.54, 1.807) is 7.11 Å². The first-order chi connectivity index (χ1) is 8.19. The number of halogens is 2. The van der Waals surface area contributed by atoms with E-state index in [9.17, 15) is 0 Å². The standard InChI is InChI=1S/C13H19ClN2O.ClH/c1-10-8-16(6-5-15-10)9-11-3-4-12(17-2)7-13(11)14;/h3-4,7,10,15H,5-6,8-9H2,1-2H3;1H/t10-;/m0./s1. The molecule has 1 atom stereocenters. The average Bonchev–Trinajstić information content (AvgIpc) is 2.32. The summed E-state index contributed by atoms with van der Waals surface area (Å²) in [7, 11) is 1.66. The zero-order valence-corrected chi connectivity index (χ0v) is 12.4. The molecule has 0 radical (unpaired) electrons. The molecule has 1 N–H and O–H groups in total. The largest absolute Gasteiger partial charge is 0.497 e. The van der Waals surface area contributed by atoms with Crippen LogP contribution in [-0.2, 0) is 6.54 Å². The molecule has 0 unspecified atom stereocenters. The normalized spacial score (nSPS) is 20.3. The number of hydrogen-bond donors (Lipinski definition) is 1. The summed E-state index contributed by atoms with van der Waals surface area (Å²) in [5.41, 5.74) is 1.17. The molecule has 1 fully saturated rings. The van der Waals surface area contributed by atoms with Gasteiger partial charge in [0.05, 0.1) is 7.11 Å². The van der Waals surface area contributed by atoms with E-state index in [1.807, 2.05) is 18.2 Å². The summed E-state index contributed by atoms with van der Waals surface area (Å²) in [6, 6.07) is 6.45. The Hall–Kier alpha value is -0.480. The van der Waals surface area contributed by atoms with E-state index in [-0.39, 0.29) is 12.4 Å². The summed E-state index contributed by atoms with van der Waals surface area (Å²) in [6.07, 6.45) is 0. The first-order valence-electron chi connectivity index (χ1n) is 5.97. The fourth-order valence-corrected chi connectivity index (χ4v) is 2.41. The van der Waals surface area contributed by atoms with Crippen molar-refractivity contribution in [3.8, 4) is 5.75 Å². The van der Waals surface area contributed by atoms with Gasteiger partial charge in [-0.3, -0.25) is 4.90 Å². The maximum atomic E-state index is 6.24. The van der Waals surface area contributed by atoms with Crippen LogP contribution in [0.15, 0.2) is 18.2 Å². The van der Waals surface area contributed by atoms with Gasteiger partial charge in [-0.05, 0) is 24.6 Å². The van der Waals surface area contributed by atoms with Crippen LogP contribution < -0.4 is 10.1 Å². The van der Waals surface area contributed by atoms with Crippen molar-refractivity contribution in [2.75, 3.05) is 26.7 Å². The van der Waals surface area contributed by atoms with Gasteiger partial charge in [0, 0.05) is 37.2 Å². The molecular weight excluding hydrogens is 271 g/mol. The summed E-state index contributed by atoms with van der Waals surface area (Å²) >= 11 is 6.24. The van der Waals surface area contributed by atoms with E-state index in [0.717, 1.165) is 37.0 Å². The minimum absolute atomic E-state index is 0. The number of benzene rings is 1. The maximum Gasteiger partial charge on any atom is 0.120 e. The summed E-state index contributed by atoms with van der Waals surface area (Å²) in [4.78, 5) is 2.43. The van der Waals surface area contributed by atoms with Crippen LogP contribution in [0.2, 0.25) is 5.02 Å². The fourth-order valence-electron chi connectivity index (χ4n) is 2.18. The molecule has 1 aromatic rings. The van der Waals surface area contributed by atoms with E-state index in [4.69, 9.17) is 16.3 Å². The monoisotopic (exact) mass is 290 g/mol. The number of rotatable bonds is 3. The van der Waals surface area contributed by atoms with E-state index in [2.05, 4.69) is 17.1 Å². The van der Waals surface area contributed by atoms with Crippen LogP contribution in [0.3, 0.4) is 0 Å². The first-order valence-corrected chi connectivity index (χ1v) is 6.35. The van der Waals surface area contributed by atoms with Crippen molar-refractivity contribution in [3.63, 3.8) is 0 Å². The minimum Gasteiger partial charge on any atom is -0.497 e. The van der Waals surface area contributed by atoms with Gasteiger partial charge in [-0.15, -0.1) is 12.4 Å². The Kier molecular flexibility index (Phi) is 6.22. The summed E-state index contributed by atoms with van der Waals surface area (Å²) in [6.45, 7) is 6.32. The Morgan fingerprint density at radius 1 is 1.50 bits per heavy atom. The lowest BCUT2D eigenvalue weighted by Crippen LogP contribution is -2.48. The van der Waals surface area contributed by atoms with Crippen LogP contribution >= 0.6 is 24.0 Å². The molecule has 5 heteroatoms. The molecule has 1 aliphatic rings. The Morgan fingerprint density at radius 3 is 2.89 bits per heavy atom. The van der Waals surface area contributed by atoms with Crippen LogP contribution in [0.25, 0.3) is 0 Å². The second kappa shape index (κ2) is 7.19. The first kappa shape index (κ1) is 15.6. The van der Waals surface area contributed by atoms with Gasteiger partial charge in [-0.2, -0.15) is 0 Å². The SMILES string of the molecule is COc1ccc(CN2CCN[C@@H](C)C2)c(Cl)c1.Cl. The molecular formula is C13H20Cl2N2O. The molecule has 0 bridgehead atoms. The maximum absolute atomic E-state index is 6.24. The van der Waals surface area contributed by atoms with Crippen molar-refractivity contribution in [1.29, 1.82) is 0 Å². The summed E-state index contributed by atoms with van der Waals surface area (Å²) in [5.74, 6) is 0.812. The number of piperazine rings is 1. The van der Waals surface area contributed by atoms with E-state index < -0.39 is 0 Å². The Labute approximate surface area is 120 Å². The highest BCUT2D eigenvalue weighted by molar-refractivity contribution is 6.31. The fraction of sp³-hybridized carbons (Fsp3) is 0.538. The highest BCUT2D eigenvalue weighted by Gasteiger charge is 2.16. The summed E-state index contributed by atoms with van der Waals surface area (Å²) < 4.78 is 5.15. The van der Waals surface area contributed by atoms with E-state index in [0.29, 0.717) is 6.04 Å². The quantitative estimate of drug-likeness (QED) is 0.926. The molecule has 1 aliphatic heterocycles. The molecule has 0 amide bonds. The zero-order valence-electron chi connectivity index (χ0n) is 10.8. The second-order valence-corrected chi connectivity index (χ2v) is 4.95. The molecule has 18 heavy (non-hydrogen) atoms. The third-order valence-electron chi connectivity index (χ3n) is 3.11. The van der Waals surface area contributed by atoms with E-state index >= 15 is 0 Å². The lowest BCUT2D eigenvalue weighted by Gasteiger charge is -2.32. The lowest BCUT2D eigenvalue weighted by atomic mass is 10.1. The topological polar surface area (TPSA) is 24.5 Å². The number of ether oxygens (including phenoxy) is 1. The number of hydrogen-bond acceptors (Lipinski definition) is 3. The lowest BCUT2D eigenvalue weighted by molar-refractivity contribution is 0.199. The van der Waals surface area contributed by atoms with Crippen LogP contribution in [-0.4, -0.2) is 37.7 Å². The van der Waals surface area contributed by atoms with Gasteiger partial charge >= 0.3 is 0 Å². The molecule has 1 heterocycles. The third-order valence-corrected chi connectivity index (χ3v) is 3.46. The van der Waals surface area contributed by atoms with Gasteiger partial charge in [-0.1, -0.05) is 17.7 Å². The van der Waals surface area contributed by atoms with Gasteiger partial charge in [-0.25, -0.2) is 0 Å². The molecule has 0 spiro atoms. The smallest absolute Gasteiger partial charge is 0.120 e. The van der Waals surface area contributed by atoms with Gasteiger partial charge in [0.1, 0.15) is 5.75 Å².